The molecule has 136 valence electrons. The number of halogens is 1. The Labute approximate surface area is 154 Å². The first kappa shape index (κ1) is 17.0. The number of rotatable bonds is 4. The highest BCUT2D eigenvalue weighted by atomic mass is 19.1. The van der Waals surface area contributed by atoms with E-state index in [1.807, 2.05) is 6.92 Å². The molecule has 0 N–H and O–H groups in total. The number of hydrogen-bond donors (Lipinski definition) is 0. The van der Waals surface area contributed by atoms with Gasteiger partial charge in [-0.2, -0.15) is 0 Å². The van der Waals surface area contributed by atoms with Crippen LogP contribution in [-0.2, 0) is 0 Å². The number of ether oxygens (including phenoxy) is 1. The Morgan fingerprint density at radius 3 is 2.59 bits per heavy atom. The standard InChI is InChI=1S/C19H16FN5O2/c1-3-14-11-10-15(27-2)13(20)9-12(11)19(26)25(14)16-5-8-23-18(24-16)17-21-6-4-7-22-17/h4-10,14H,3H2,1-2H3. The summed E-state index contributed by atoms with van der Waals surface area (Å²) in [4.78, 5) is 31.5. The molecule has 3 aromatic rings. The lowest BCUT2D eigenvalue weighted by molar-refractivity contribution is 0.0989. The van der Waals surface area contributed by atoms with Crippen molar-refractivity contribution in [2.75, 3.05) is 12.0 Å². The van der Waals surface area contributed by atoms with E-state index in [0.717, 1.165) is 5.56 Å². The Hall–Kier alpha value is -3.42. The molecule has 1 amide bonds. The number of carbonyl (C=O) groups excluding carboxylic acids is 1. The molecule has 0 saturated heterocycles. The van der Waals surface area contributed by atoms with Crippen molar-refractivity contribution < 1.29 is 13.9 Å². The second-order valence-corrected chi connectivity index (χ2v) is 5.98. The maximum Gasteiger partial charge on any atom is 0.260 e. The number of nitrogens with zero attached hydrogens (tertiary/aromatic N) is 5. The number of methoxy groups -OCH3 is 1. The second-order valence-electron chi connectivity index (χ2n) is 5.98. The highest BCUT2D eigenvalue weighted by Gasteiger charge is 2.38. The SMILES string of the molecule is CCC1c2cc(OC)c(F)cc2C(=O)N1c1ccnc(-c2ncccn2)n1. The van der Waals surface area contributed by atoms with E-state index in [1.165, 1.54) is 13.2 Å². The second kappa shape index (κ2) is 6.71. The topological polar surface area (TPSA) is 81.1 Å². The fourth-order valence-electron chi connectivity index (χ4n) is 3.27. The Morgan fingerprint density at radius 2 is 1.89 bits per heavy atom. The number of aromatic nitrogens is 4. The Morgan fingerprint density at radius 1 is 1.15 bits per heavy atom. The lowest BCUT2D eigenvalue weighted by Gasteiger charge is -2.23. The van der Waals surface area contributed by atoms with Crippen LogP contribution in [-0.4, -0.2) is 33.0 Å². The highest BCUT2D eigenvalue weighted by Crippen LogP contribution is 2.41. The van der Waals surface area contributed by atoms with Gasteiger partial charge in [0, 0.05) is 24.2 Å². The third kappa shape index (κ3) is 2.79. The molecular formula is C19H16FN5O2. The molecule has 4 rings (SSSR count). The quantitative estimate of drug-likeness (QED) is 0.706. The van der Waals surface area contributed by atoms with Gasteiger partial charge in [0.05, 0.1) is 13.2 Å². The summed E-state index contributed by atoms with van der Waals surface area (Å²) in [6, 6.07) is 5.87. The first-order chi connectivity index (χ1) is 13.1. The molecule has 2 aromatic heterocycles. The van der Waals surface area contributed by atoms with Crippen LogP contribution in [0.4, 0.5) is 10.2 Å². The maximum absolute atomic E-state index is 14.1. The molecule has 1 aromatic carbocycles. The first-order valence-corrected chi connectivity index (χ1v) is 8.45. The Bertz CT molecular complexity index is 1010. The van der Waals surface area contributed by atoms with Crippen LogP contribution in [0.1, 0.15) is 35.3 Å². The number of amides is 1. The molecule has 0 fully saturated rings. The minimum atomic E-state index is -0.567. The summed E-state index contributed by atoms with van der Waals surface area (Å²) in [5.74, 6) is 0.335. The van der Waals surface area contributed by atoms with Crippen LogP contribution in [0, 0.1) is 5.82 Å². The van der Waals surface area contributed by atoms with Gasteiger partial charge in [-0.25, -0.2) is 24.3 Å². The average Bonchev–Trinajstić information content (AvgIpc) is 2.99. The van der Waals surface area contributed by atoms with Gasteiger partial charge in [0.1, 0.15) is 5.82 Å². The number of hydrogen-bond acceptors (Lipinski definition) is 6. The van der Waals surface area contributed by atoms with Crippen molar-refractivity contribution in [3.05, 3.63) is 59.8 Å². The van der Waals surface area contributed by atoms with Crippen molar-refractivity contribution >= 4 is 11.7 Å². The van der Waals surface area contributed by atoms with E-state index < -0.39 is 5.82 Å². The Kier molecular flexibility index (Phi) is 4.23. The van der Waals surface area contributed by atoms with Crippen LogP contribution in [0.3, 0.4) is 0 Å². The normalized spacial score (nSPS) is 15.7. The maximum atomic E-state index is 14.1. The van der Waals surface area contributed by atoms with Crippen LogP contribution in [0.25, 0.3) is 11.6 Å². The van der Waals surface area contributed by atoms with Crippen LogP contribution >= 0.6 is 0 Å². The Balaban J connectivity index is 1.79. The molecule has 1 aliphatic rings. The van der Waals surface area contributed by atoms with Crippen LogP contribution in [0.15, 0.2) is 42.9 Å². The van der Waals surface area contributed by atoms with E-state index in [4.69, 9.17) is 4.74 Å². The molecule has 0 spiro atoms. The van der Waals surface area contributed by atoms with E-state index in [9.17, 15) is 9.18 Å². The molecule has 3 heterocycles. The molecule has 0 radical (unpaired) electrons. The number of carbonyl (C=O) groups is 1. The summed E-state index contributed by atoms with van der Waals surface area (Å²) in [5.41, 5.74) is 1.04. The van der Waals surface area contributed by atoms with Gasteiger partial charge in [0.15, 0.2) is 23.2 Å². The van der Waals surface area contributed by atoms with Crippen LogP contribution in [0.2, 0.25) is 0 Å². The smallest absolute Gasteiger partial charge is 0.260 e. The average molecular weight is 365 g/mol. The van der Waals surface area contributed by atoms with Crippen molar-refractivity contribution in [1.82, 2.24) is 19.9 Å². The van der Waals surface area contributed by atoms with E-state index in [2.05, 4.69) is 19.9 Å². The predicted molar refractivity (Wildman–Crippen MR) is 95.9 cm³/mol. The summed E-state index contributed by atoms with van der Waals surface area (Å²) in [6.45, 7) is 1.96. The number of benzene rings is 1. The number of fused-ring (bicyclic) bond motifs is 1. The van der Waals surface area contributed by atoms with E-state index >= 15 is 0 Å². The highest BCUT2D eigenvalue weighted by molar-refractivity contribution is 6.10. The lowest BCUT2D eigenvalue weighted by Crippen LogP contribution is -2.28. The van der Waals surface area contributed by atoms with Crippen molar-refractivity contribution in [1.29, 1.82) is 0 Å². The van der Waals surface area contributed by atoms with Gasteiger partial charge < -0.3 is 4.74 Å². The molecular weight excluding hydrogens is 349 g/mol. The summed E-state index contributed by atoms with van der Waals surface area (Å²) in [6.07, 6.45) is 5.38. The monoisotopic (exact) mass is 365 g/mol. The third-order valence-corrected chi connectivity index (χ3v) is 4.48. The molecule has 0 saturated carbocycles. The van der Waals surface area contributed by atoms with E-state index in [1.54, 1.807) is 41.7 Å². The fourth-order valence-corrected chi connectivity index (χ4v) is 3.27. The van der Waals surface area contributed by atoms with Gasteiger partial charge in [0.2, 0.25) is 0 Å². The molecule has 1 unspecified atom stereocenters. The summed E-state index contributed by atoms with van der Waals surface area (Å²) in [5, 5.41) is 0. The predicted octanol–water partition coefficient (Wildman–Crippen LogP) is 3.19. The zero-order chi connectivity index (χ0) is 19.0. The van der Waals surface area contributed by atoms with Crippen molar-refractivity contribution in [2.45, 2.75) is 19.4 Å². The molecule has 8 heteroatoms. The molecule has 7 nitrogen and oxygen atoms in total. The minimum absolute atomic E-state index is 0.114. The third-order valence-electron chi connectivity index (χ3n) is 4.48. The molecule has 27 heavy (non-hydrogen) atoms. The van der Waals surface area contributed by atoms with E-state index in [-0.39, 0.29) is 17.7 Å². The largest absolute Gasteiger partial charge is 0.494 e. The zero-order valence-corrected chi connectivity index (χ0v) is 14.8. The zero-order valence-electron chi connectivity index (χ0n) is 14.8. The minimum Gasteiger partial charge on any atom is -0.494 e. The number of anilines is 1. The van der Waals surface area contributed by atoms with Crippen molar-refractivity contribution in [3.8, 4) is 17.4 Å². The lowest BCUT2D eigenvalue weighted by atomic mass is 10.0. The van der Waals surface area contributed by atoms with E-state index in [0.29, 0.717) is 29.5 Å². The van der Waals surface area contributed by atoms with Gasteiger partial charge in [-0.3, -0.25) is 9.69 Å². The molecule has 1 aliphatic heterocycles. The van der Waals surface area contributed by atoms with Gasteiger partial charge in [-0.15, -0.1) is 0 Å². The fraction of sp³-hybridized carbons (Fsp3) is 0.211. The van der Waals surface area contributed by atoms with Gasteiger partial charge in [-0.05, 0) is 36.2 Å². The van der Waals surface area contributed by atoms with Gasteiger partial charge in [0.25, 0.3) is 5.91 Å². The van der Waals surface area contributed by atoms with Crippen LogP contribution < -0.4 is 9.64 Å². The molecule has 0 aliphatic carbocycles. The first-order valence-electron chi connectivity index (χ1n) is 8.45. The summed E-state index contributed by atoms with van der Waals surface area (Å²) in [7, 11) is 1.40. The molecule has 1 atom stereocenters. The van der Waals surface area contributed by atoms with Crippen molar-refractivity contribution in [2.24, 2.45) is 0 Å². The molecule has 0 bridgehead atoms. The van der Waals surface area contributed by atoms with Crippen molar-refractivity contribution in [3.63, 3.8) is 0 Å². The van der Waals surface area contributed by atoms with Crippen LogP contribution in [0.5, 0.6) is 5.75 Å². The van der Waals surface area contributed by atoms with Gasteiger partial charge >= 0.3 is 0 Å². The summed E-state index contributed by atoms with van der Waals surface area (Å²) < 4.78 is 19.2. The van der Waals surface area contributed by atoms with Gasteiger partial charge in [-0.1, -0.05) is 6.92 Å². The summed E-state index contributed by atoms with van der Waals surface area (Å²) >= 11 is 0.